The van der Waals surface area contributed by atoms with Crippen LogP contribution in [0.25, 0.3) is 0 Å². The smallest absolute Gasteiger partial charge is 0.0899 e. The third-order valence-electron chi connectivity index (χ3n) is 2.85. The summed E-state index contributed by atoms with van der Waals surface area (Å²) in [7, 11) is 0. The molecule has 0 saturated heterocycles. The molecule has 0 amide bonds. The SMILES string of the molecule is CC(C)c1cc(Br)cc(C2(O)CC2)c1. The number of benzene rings is 1. The van der Waals surface area contributed by atoms with Crippen LogP contribution in [0.5, 0.6) is 0 Å². The van der Waals surface area contributed by atoms with Crippen LogP contribution in [0.3, 0.4) is 0 Å². The van der Waals surface area contributed by atoms with Crippen LogP contribution in [0.15, 0.2) is 22.7 Å². The Labute approximate surface area is 93.3 Å². The van der Waals surface area contributed by atoms with Gasteiger partial charge in [-0.2, -0.15) is 0 Å². The van der Waals surface area contributed by atoms with E-state index in [1.165, 1.54) is 5.56 Å². The predicted octanol–water partition coefficient (Wildman–Crippen LogP) is 3.55. The van der Waals surface area contributed by atoms with E-state index in [4.69, 9.17) is 0 Å². The van der Waals surface area contributed by atoms with E-state index < -0.39 is 5.60 Å². The largest absolute Gasteiger partial charge is 0.385 e. The van der Waals surface area contributed by atoms with Crippen LogP contribution < -0.4 is 0 Å². The number of aliphatic hydroxyl groups is 1. The van der Waals surface area contributed by atoms with Crippen LogP contribution in [0, 0.1) is 0 Å². The van der Waals surface area contributed by atoms with Crippen molar-refractivity contribution in [1.82, 2.24) is 0 Å². The van der Waals surface area contributed by atoms with Gasteiger partial charge in [-0.15, -0.1) is 0 Å². The average Bonchev–Trinajstić information content (AvgIpc) is 2.84. The van der Waals surface area contributed by atoms with E-state index in [1.807, 2.05) is 6.07 Å². The van der Waals surface area contributed by atoms with Crippen molar-refractivity contribution in [3.8, 4) is 0 Å². The molecule has 1 aromatic rings. The fourth-order valence-corrected chi connectivity index (χ4v) is 2.13. The summed E-state index contributed by atoms with van der Waals surface area (Å²) in [6, 6.07) is 6.28. The topological polar surface area (TPSA) is 20.2 Å². The Morgan fingerprint density at radius 2 is 1.93 bits per heavy atom. The molecule has 0 bridgehead atoms. The second kappa shape index (κ2) is 3.35. The number of halogens is 1. The molecule has 1 fully saturated rings. The standard InChI is InChI=1S/C12H15BrO/c1-8(2)9-5-10(7-11(13)6-9)12(14)3-4-12/h5-8,14H,3-4H2,1-2H3. The molecule has 1 saturated carbocycles. The maximum atomic E-state index is 10.0. The van der Waals surface area contributed by atoms with Gasteiger partial charge in [0, 0.05) is 4.47 Å². The predicted molar refractivity (Wildman–Crippen MR) is 61.4 cm³/mol. The highest BCUT2D eigenvalue weighted by molar-refractivity contribution is 9.10. The minimum Gasteiger partial charge on any atom is -0.385 e. The second-order valence-corrected chi connectivity index (χ2v) is 5.38. The summed E-state index contributed by atoms with van der Waals surface area (Å²) in [6.07, 6.45) is 1.81. The highest BCUT2D eigenvalue weighted by Gasteiger charge is 2.42. The normalized spacial score (nSPS) is 18.6. The summed E-state index contributed by atoms with van der Waals surface area (Å²) in [5.74, 6) is 0.508. The van der Waals surface area contributed by atoms with Crippen LogP contribution in [-0.4, -0.2) is 5.11 Å². The van der Waals surface area contributed by atoms with E-state index in [1.54, 1.807) is 0 Å². The van der Waals surface area contributed by atoms with Gasteiger partial charge >= 0.3 is 0 Å². The Morgan fingerprint density at radius 1 is 1.29 bits per heavy atom. The van der Waals surface area contributed by atoms with Crippen molar-refractivity contribution in [2.45, 2.75) is 38.2 Å². The lowest BCUT2D eigenvalue weighted by Gasteiger charge is -2.13. The van der Waals surface area contributed by atoms with Gasteiger partial charge in [-0.1, -0.05) is 35.8 Å². The van der Waals surface area contributed by atoms with Crippen molar-refractivity contribution in [2.75, 3.05) is 0 Å². The summed E-state index contributed by atoms with van der Waals surface area (Å²) in [6.45, 7) is 4.34. The van der Waals surface area contributed by atoms with Gasteiger partial charge in [0.2, 0.25) is 0 Å². The molecule has 1 aliphatic rings. The molecule has 1 aromatic carbocycles. The highest BCUT2D eigenvalue weighted by Crippen LogP contribution is 2.46. The molecule has 0 radical (unpaired) electrons. The van der Waals surface area contributed by atoms with Crippen molar-refractivity contribution in [3.05, 3.63) is 33.8 Å². The maximum absolute atomic E-state index is 10.0. The zero-order chi connectivity index (χ0) is 10.3. The molecule has 1 N–H and O–H groups in total. The van der Waals surface area contributed by atoms with Crippen LogP contribution in [-0.2, 0) is 5.60 Å². The number of hydrogen-bond acceptors (Lipinski definition) is 1. The van der Waals surface area contributed by atoms with E-state index >= 15 is 0 Å². The molecule has 0 aromatic heterocycles. The van der Waals surface area contributed by atoms with Gasteiger partial charge in [0.15, 0.2) is 0 Å². The Balaban J connectivity index is 2.42. The third-order valence-corrected chi connectivity index (χ3v) is 3.31. The van der Waals surface area contributed by atoms with Gasteiger partial charge < -0.3 is 5.11 Å². The number of rotatable bonds is 2. The molecule has 0 unspecified atom stereocenters. The van der Waals surface area contributed by atoms with Crippen molar-refractivity contribution in [1.29, 1.82) is 0 Å². The monoisotopic (exact) mass is 254 g/mol. The van der Waals surface area contributed by atoms with Gasteiger partial charge in [-0.25, -0.2) is 0 Å². The fourth-order valence-electron chi connectivity index (χ4n) is 1.62. The fraction of sp³-hybridized carbons (Fsp3) is 0.500. The molecule has 2 heteroatoms. The first-order valence-corrected chi connectivity index (χ1v) is 5.84. The van der Waals surface area contributed by atoms with Crippen LogP contribution in [0.2, 0.25) is 0 Å². The average molecular weight is 255 g/mol. The first-order valence-electron chi connectivity index (χ1n) is 5.05. The Hall–Kier alpha value is -0.340. The van der Waals surface area contributed by atoms with Crippen molar-refractivity contribution in [3.63, 3.8) is 0 Å². The van der Waals surface area contributed by atoms with E-state index in [9.17, 15) is 5.11 Å². The minimum absolute atomic E-state index is 0.508. The summed E-state index contributed by atoms with van der Waals surface area (Å²) in [5.41, 5.74) is 1.83. The van der Waals surface area contributed by atoms with Crippen molar-refractivity contribution >= 4 is 15.9 Å². The van der Waals surface area contributed by atoms with E-state index in [0.717, 1.165) is 22.9 Å². The third kappa shape index (κ3) is 1.86. The van der Waals surface area contributed by atoms with Gasteiger partial charge in [0.1, 0.15) is 0 Å². The molecule has 14 heavy (non-hydrogen) atoms. The first-order chi connectivity index (χ1) is 6.51. The lowest BCUT2D eigenvalue weighted by Crippen LogP contribution is -2.05. The van der Waals surface area contributed by atoms with E-state index in [-0.39, 0.29) is 0 Å². The zero-order valence-electron chi connectivity index (χ0n) is 8.55. The molecule has 0 aliphatic heterocycles. The highest BCUT2D eigenvalue weighted by atomic mass is 79.9. The number of hydrogen-bond donors (Lipinski definition) is 1. The molecule has 76 valence electrons. The Bertz CT molecular complexity index is 353. The summed E-state index contributed by atoms with van der Waals surface area (Å²) in [5, 5.41) is 10.0. The van der Waals surface area contributed by atoms with Gasteiger partial charge in [0.25, 0.3) is 0 Å². The molecule has 0 heterocycles. The molecule has 1 aliphatic carbocycles. The van der Waals surface area contributed by atoms with Crippen molar-refractivity contribution in [2.24, 2.45) is 0 Å². The minimum atomic E-state index is -0.520. The van der Waals surface area contributed by atoms with Gasteiger partial charge in [0.05, 0.1) is 5.60 Å². The van der Waals surface area contributed by atoms with E-state index in [0.29, 0.717) is 5.92 Å². The Kier molecular flexibility index (Phi) is 2.44. The second-order valence-electron chi connectivity index (χ2n) is 4.46. The lowest BCUT2D eigenvalue weighted by molar-refractivity contribution is 0.151. The molecule has 2 rings (SSSR count). The van der Waals surface area contributed by atoms with Gasteiger partial charge in [-0.3, -0.25) is 0 Å². The quantitative estimate of drug-likeness (QED) is 0.856. The van der Waals surface area contributed by atoms with E-state index in [2.05, 4.69) is 41.9 Å². The van der Waals surface area contributed by atoms with Crippen LogP contribution in [0.4, 0.5) is 0 Å². The Morgan fingerprint density at radius 3 is 2.43 bits per heavy atom. The summed E-state index contributed by atoms with van der Waals surface area (Å²) in [4.78, 5) is 0. The first kappa shape index (κ1) is 10.2. The van der Waals surface area contributed by atoms with Gasteiger partial charge in [-0.05, 0) is 42.0 Å². The van der Waals surface area contributed by atoms with Crippen LogP contribution in [0.1, 0.15) is 43.7 Å². The maximum Gasteiger partial charge on any atom is 0.0899 e. The molecule has 0 atom stereocenters. The molecular formula is C12H15BrO. The summed E-state index contributed by atoms with van der Waals surface area (Å²) >= 11 is 3.49. The van der Waals surface area contributed by atoms with Crippen molar-refractivity contribution < 1.29 is 5.11 Å². The molecular weight excluding hydrogens is 240 g/mol. The summed E-state index contributed by atoms with van der Waals surface area (Å²) < 4.78 is 1.07. The molecule has 1 nitrogen and oxygen atoms in total. The van der Waals surface area contributed by atoms with Crippen LogP contribution >= 0.6 is 15.9 Å². The zero-order valence-corrected chi connectivity index (χ0v) is 10.1. The molecule has 0 spiro atoms. The lowest BCUT2D eigenvalue weighted by atomic mass is 9.98.